The van der Waals surface area contributed by atoms with E-state index < -0.39 is 0 Å². The molecule has 0 aliphatic rings. The van der Waals surface area contributed by atoms with Crippen molar-refractivity contribution in [3.63, 3.8) is 0 Å². The summed E-state index contributed by atoms with van der Waals surface area (Å²) in [7, 11) is 0. The van der Waals surface area contributed by atoms with Crippen LogP contribution in [0.1, 0.15) is 0 Å². The predicted octanol–water partition coefficient (Wildman–Crippen LogP) is 14.6. The summed E-state index contributed by atoms with van der Waals surface area (Å²) in [4.78, 5) is 2.38. The molecule has 11 rings (SSSR count). The zero-order valence-corrected chi connectivity index (χ0v) is 29.9. The van der Waals surface area contributed by atoms with E-state index in [0.29, 0.717) is 0 Å². The van der Waals surface area contributed by atoms with Crippen molar-refractivity contribution < 1.29 is 4.42 Å². The number of hydrogen-bond acceptors (Lipinski definition) is 2. The summed E-state index contributed by atoms with van der Waals surface area (Å²) in [5, 5.41) is 7.25. The number of anilines is 3. The molecular formula is C52H34N2O. The van der Waals surface area contributed by atoms with Crippen molar-refractivity contribution in [2.45, 2.75) is 0 Å². The number of fused-ring (bicyclic) bond motifs is 7. The highest BCUT2D eigenvalue weighted by Gasteiger charge is 2.18. The second-order valence-corrected chi connectivity index (χ2v) is 14.1. The molecule has 9 aromatic carbocycles. The van der Waals surface area contributed by atoms with Gasteiger partial charge in [-0.25, -0.2) is 0 Å². The lowest BCUT2D eigenvalue weighted by atomic mass is 9.97. The Morgan fingerprint density at radius 1 is 0.364 bits per heavy atom. The summed E-state index contributed by atoms with van der Waals surface area (Å²) in [6, 6.07) is 74.0. The Hall–Kier alpha value is -7.36. The van der Waals surface area contributed by atoms with Gasteiger partial charge in [0, 0.05) is 44.3 Å². The van der Waals surface area contributed by atoms with E-state index in [1.807, 2.05) is 12.1 Å². The molecule has 0 unspecified atom stereocenters. The Kier molecular flexibility index (Phi) is 7.17. The van der Waals surface area contributed by atoms with Gasteiger partial charge in [-0.3, -0.25) is 0 Å². The molecule has 2 heterocycles. The van der Waals surface area contributed by atoms with Crippen LogP contribution in [0.4, 0.5) is 17.1 Å². The van der Waals surface area contributed by atoms with E-state index in [9.17, 15) is 0 Å². The van der Waals surface area contributed by atoms with Crippen molar-refractivity contribution in [2.75, 3.05) is 4.90 Å². The zero-order chi connectivity index (χ0) is 36.3. The highest BCUT2D eigenvalue weighted by atomic mass is 16.3. The van der Waals surface area contributed by atoms with Gasteiger partial charge in [0.2, 0.25) is 0 Å². The van der Waals surface area contributed by atoms with Crippen LogP contribution in [-0.4, -0.2) is 4.57 Å². The fourth-order valence-electron chi connectivity index (χ4n) is 8.51. The van der Waals surface area contributed by atoms with Crippen LogP contribution in [0.5, 0.6) is 0 Å². The van der Waals surface area contributed by atoms with E-state index in [1.54, 1.807) is 0 Å². The maximum atomic E-state index is 6.25. The molecule has 0 spiro atoms. The minimum atomic E-state index is 0.900. The molecule has 0 bridgehead atoms. The van der Waals surface area contributed by atoms with Crippen LogP contribution in [-0.2, 0) is 0 Å². The average molecular weight is 703 g/mol. The van der Waals surface area contributed by atoms with Crippen LogP contribution < -0.4 is 4.90 Å². The molecule has 0 amide bonds. The number of furan rings is 1. The third-order valence-corrected chi connectivity index (χ3v) is 11.0. The van der Waals surface area contributed by atoms with Gasteiger partial charge in [-0.15, -0.1) is 0 Å². The molecule has 0 radical (unpaired) electrons. The van der Waals surface area contributed by atoms with Crippen molar-refractivity contribution in [2.24, 2.45) is 0 Å². The van der Waals surface area contributed by atoms with Crippen LogP contribution in [0.3, 0.4) is 0 Å². The molecule has 0 saturated carbocycles. The summed E-state index contributed by atoms with van der Waals surface area (Å²) in [5.41, 5.74) is 13.2. The smallest absolute Gasteiger partial charge is 0.136 e. The predicted molar refractivity (Wildman–Crippen MR) is 231 cm³/mol. The van der Waals surface area contributed by atoms with Crippen molar-refractivity contribution >= 4 is 71.6 Å². The molecule has 0 atom stereocenters. The Balaban J connectivity index is 1.09. The van der Waals surface area contributed by atoms with Crippen LogP contribution >= 0.6 is 0 Å². The SMILES string of the molecule is c1cc(-c2cccc3ccccc23)cc(N(c2ccc(-c3cccc4oc5ccccc5c34)cc2)c2cccc(-n3c4ccccc4c4ccccc43)c2)c1. The van der Waals surface area contributed by atoms with Crippen molar-refractivity contribution in [1.82, 2.24) is 4.57 Å². The van der Waals surface area contributed by atoms with E-state index in [4.69, 9.17) is 4.42 Å². The van der Waals surface area contributed by atoms with E-state index in [-0.39, 0.29) is 0 Å². The average Bonchev–Trinajstić information content (AvgIpc) is 3.80. The fourth-order valence-corrected chi connectivity index (χ4v) is 8.51. The van der Waals surface area contributed by atoms with Gasteiger partial charge in [0.25, 0.3) is 0 Å². The van der Waals surface area contributed by atoms with Gasteiger partial charge in [-0.1, -0.05) is 140 Å². The van der Waals surface area contributed by atoms with E-state index in [1.165, 1.54) is 43.7 Å². The standard InChI is InChI=1S/C52H34N2O/c1-2-19-42-35(13-1)14-10-23-43(42)37-15-9-16-39(33-37)53(38-31-29-36(30-32-38)44-24-12-28-51-52(44)47-22-5-8-27-50(47)55-51)40-17-11-18-41(34-40)54-48-25-6-3-20-45(48)46-21-4-7-26-49(46)54/h1-34H. The van der Waals surface area contributed by atoms with Gasteiger partial charge in [0.15, 0.2) is 0 Å². The topological polar surface area (TPSA) is 21.3 Å². The molecule has 0 saturated heterocycles. The van der Waals surface area contributed by atoms with Gasteiger partial charge in [0.1, 0.15) is 11.2 Å². The van der Waals surface area contributed by atoms with Crippen molar-refractivity contribution in [3.8, 4) is 27.9 Å². The summed E-state index contributed by atoms with van der Waals surface area (Å²) < 4.78 is 8.64. The Morgan fingerprint density at radius 3 is 1.75 bits per heavy atom. The summed E-state index contributed by atoms with van der Waals surface area (Å²) in [5.74, 6) is 0. The van der Waals surface area contributed by atoms with Gasteiger partial charge in [-0.05, 0) is 99.8 Å². The third-order valence-electron chi connectivity index (χ3n) is 11.0. The fraction of sp³-hybridized carbons (Fsp3) is 0. The highest BCUT2D eigenvalue weighted by Crippen LogP contribution is 2.42. The number of nitrogens with zero attached hydrogens (tertiary/aromatic N) is 2. The molecule has 0 N–H and O–H groups in total. The molecular weight excluding hydrogens is 669 g/mol. The summed E-state index contributed by atoms with van der Waals surface area (Å²) in [6.07, 6.45) is 0. The highest BCUT2D eigenvalue weighted by molar-refractivity contribution is 6.12. The monoisotopic (exact) mass is 702 g/mol. The third kappa shape index (κ3) is 5.13. The van der Waals surface area contributed by atoms with Gasteiger partial charge >= 0.3 is 0 Å². The molecule has 2 aromatic heterocycles. The van der Waals surface area contributed by atoms with Crippen molar-refractivity contribution in [3.05, 3.63) is 206 Å². The lowest BCUT2D eigenvalue weighted by Gasteiger charge is -2.27. The first-order chi connectivity index (χ1) is 27.3. The number of para-hydroxylation sites is 3. The molecule has 258 valence electrons. The minimum Gasteiger partial charge on any atom is -0.456 e. The first kappa shape index (κ1) is 31.2. The minimum absolute atomic E-state index is 0.900. The second kappa shape index (κ2) is 12.6. The quantitative estimate of drug-likeness (QED) is 0.172. The lowest BCUT2D eigenvalue weighted by Crippen LogP contribution is -2.10. The molecule has 55 heavy (non-hydrogen) atoms. The summed E-state index contributed by atoms with van der Waals surface area (Å²) in [6.45, 7) is 0. The first-order valence-corrected chi connectivity index (χ1v) is 18.8. The number of rotatable bonds is 6. The van der Waals surface area contributed by atoms with Crippen molar-refractivity contribution in [1.29, 1.82) is 0 Å². The van der Waals surface area contributed by atoms with Gasteiger partial charge in [0.05, 0.1) is 11.0 Å². The van der Waals surface area contributed by atoms with E-state index in [2.05, 4.69) is 204 Å². The van der Waals surface area contributed by atoms with Gasteiger partial charge < -0.3 is 13.9 Å². The van der Waals surface area contributed by atoms with Crippen LogP contribution in [0, 0.1) is 0 Å². The maximum absolute atomic E-state index is 6.25. The Bertz CT molecular complexity index is 3160. The molecule has 3 nitrogen and oxygen atoms in total. The normalized spacial score (nSPS) is 11.6. The molecule has 3 heteroatoms. The largest absolute Gasteiger partial charge is 0.456 e. The maximum Gasteiger partial charge on any atom is 0.136 e. The molecule has 0 fully saturated rings. The molecule has 11 aromatic rings. The van der Waals surface area contributed by atoms with E-state index in [0.717, 1.165) is 55.8 Å². The Labute approximate surface area is 318 Å². The Morgan fingerprint density at radius 2 is 0.945 bits per heavy atom. The van der Waals surface area contributed by atoms with Crippen LogP contribution in [0.2, 0.25) is 0 Å². The molecule has 0 aliphatic carbocycles. The van der Waals surface area contributed by atoms with Gasteiger partial charge in [-0.2, -0.15) is 0 Å². The lowest BCUT2D eigenvalue weighted by molar-refractivity contribution is 0.669. The van der Waals surface area contributed by atoms with E-state index >= 15 is 0 Å². The number of benzene rings is 9. The summed E-state index contributed by atoms with van der Waals surface area (Å²) >= 11 is 0. The second-order valence-electron chi connectivity index (χ2n) is 14.1. The number of hydrogen-bond donors (Lipinski definition) is 0. The first-order valence-electron chi connectivity index (χ1n) is 18.8. The zero-order valence-electron chi connectivity index (χ0n) is 29.9. The van der Waals surface area contributed by atoms with Crippen LogP contribution in [0.15, 0.2) is 211 Å². The van der Waals surface area contributed by atoms with Crippen LogP contribution in [0.25, 0.3) is 82.5 Å². The number of aromatic nitrogens is 1. The molecule has 0 aliphatic heterocycles.